The molecule has 0 aliphatic heterocycles. The van der Waals surface area contributed by atoms with Crippen LogP contribution >= 0.6 is 24.2 Å². The van der Waals surface area contributed by atoms with E-state index in [0.717, 1.165) is 17.7 Å². The summed E-state index contributed by atoms with van der Waals surface area (Å²) in [5.41, 5.74) is 1.96. The van der Waals surface area contributed by atoms with E-state index in [1.807, 2.05) is 43.5 Å². The fourth-order valence-corrected chi connectivity index (χ4v) is 2.28. The van der Waals surface area contributed by atoms with Crippen LogP contribution in [0.3, 0.4) is 0 Å². The minimum Gasteiger partial charge on any atom is -0.222 e. The molecule has 0 aliphatic rings. The van der Waals surface area contributed by atoms with Crippen LogP contribution < -0.4 is 23.3 Å². The SMILES string of the molecule is CCc1c(Cl)c[n+](-c2ccccc2)nc1S.[O-][Cl+3]([O-])([O-])[O-]. The molecule has 0 spiro atoms. The van der Waals surface area contributed by atoms with Crippen molar-refractivity contribution in [2.45, 2.75) is 18.4 Å². The van der Waals surface area contributed by atoms with E-state index >= 15 is 0 Å². The Bertz CT molecular complexity index is 565. The molecule has 0 atom stereocenters. The Labute approximate surface area is 134 Å². The number of nitrogens with zero attached hydrogens (tertiary/aromatic N) is 2. The number of benzene rings is 1. The molecule has 0 N–H and O–H groups in total. The summed E-state index contributed by atoms with van der Waals surface area (Å²) in [4.78, 5) is 0. The third kappa shape index (κ3) is 6.58. The number of para-hydroxylation sites is 1. The fourth-order valence-electron chi connectivity index (χ4n) is 1.52. The predicted molar refractivity (Wildman–Crippen MR) is 67.4 cm³/mol. The van der Waals surface area contributed by atoms with Crippen molar-refractivity contribution in [2.24, 2.45) is 0 Å². The van der Waals surface area contributed by atoms with Crippen LogP contribution in [0.5, 0.6) is 0 Å². The Morgan fingerprint density at radius 3 is 2.14 bits per heavy atom. The molecule has 2 aromatic rings. The molecule has 114 valence electrons. The first-order chi connectivity index (χ1) is 9.72. The first-order valence-electron chi connectivity index (χ1n) is 5.70. The van der Waals surface area contributed by atoms with Crippen molar-refractivity contribution >= 4 is 24.2 Å². The summed E-state index contributed by atoms with van der Waals surface area (Å²) in [7, 11) is -4.94. The molecule has 6 nitrogen and oxygen atoms in total. The summed E-state index contributed by atoms with van der Waals surface area (Å²) in [5.74, 6) is 0. The van der Waals surface area contributed by atoms with Crippen LogP contribution in [0.1, 0.15) is 12.5 Å². The van der Waals surface area contributed by atoms with Crippen molar-refractivity contribution in [1.29, 1.82) is 0 Å². The van der Waals surface area contributed by atoms with Crippen molar-refractivity contribution in [2.75, 3.05) is 0 Å². The molecule has 21 heavy (non-hydrogen) atoms. The van der Waals surface area contributed by atoms with Gasteiger partial charge in [-0.1, -0.05) is 36.7 Å². The molecule has 1 heterocycles. The van der Waals surface area contributed by atoms with Gasteiger partial charge in [0.2, 0.25) is 11.9 Å². The van der Waals surface area contributed by atoms with Crippen LogP contribution in [-0.2, 0) is 6.42 Å². The molecule has 0 fully saturated rings. The first kappa shape index (κ1) is 18.1. The van der Waals surface area contributed by atoms with E-state index in [-0.39, 0.29) is 0 Å². The van der Waals surface area contributed by atoms with Crippen LogP contribution in [0.2, 0.25) is 5.02 Å². The molecule has 1 aromatic carbocycles. The highest BCUT2D eigenvalue weighted by molar-refractivity contribution is 7.80. The van der Waals surface area contributed by atoms with Crippen molar-refractivity contribution in [1.82, 2.24) is 5.10 Å². The van der Waals surface area contributed by atoms with Gasteiger partial charge in [0.05, 0.1) is 0 Å². The molecule has 0 bridgehead atoms. The second kappa shape index (κ2) is 7.90. The Balaban J connectivity index is 0.000000383. The molecule has 0 unspecified atom stereocenters. The van der Waals surface area contributed by atoms with Gasteiger partial charge in [0.25, 0.3) is 0 Å². The minimum absolute atomic E-state index is 0.679. The molecule has 1 aromatic heterocycles. The predicted octanol–water partition coefficient (Wildman–Crippen LogP) is -1.89. The summed E-state index contributed by atoms with van der Waals surface area (Å²) in [6.45, 7) is 2.04. The first-order valence-corrected chi connectivity index (χ1v) is 7.75. The van der Waals surface area contributed by atoms with Gasteiger partial charge in [-0.25, -0.2) is 18.6 Å². The fraction of sp³-hybridized carbons (Fsp3) is 0.167. The number of hydrogen-bond acceptors (Lipinski definition) is 6. The monoisotopic (exact) mass is 350 g/mol. The van der Waals surface area contributed by atoms with Gasteiger partial charge in [-0.05, 0) is 11.1 Å². The lowest BCUT2D eigenvalue weighted by Crippen LogP contribution is -2.68. The van der Waals surface area contributed by atoms with Crippen molar-refractivity contribution in [3.8, 4) is 5.69 Å². The Hall–Kier alpha value is -0.930. The Morgan fingerprint density at radius 1 is 1.19 bits per heavy atom. The highest BCUT2D eigenvalue weighted by Crippen LogP contribution is 2.19. The largest absolute Gasteiger partial charge is 0.238 e. The van der Waals surface area contributed by atoms with Gasteiger partial charge >= 0.3 is 0 Å². The lowest BCUT2D eigenvalue weighted by Gasteiger charge is -2.17. The van der Waals surface area contributed by atoms with Crippen molar-refractivity contribution < 1.29 is 33.6 Å². The van der Waals surface area contributed by atoms with Crippen LogP contribution in [0.4, 0.5) is 0 Å². The third-order valence-corrected chi connectivity index (χ3v) is 3.06. The number of thiol groups is 1. The van der Waals surface area contributed by atoms with Crippen LogP contribution in [0, 0.1) is 10.2 Å². The zero-order valence-corrected chi connectivity index (χ0v) is 13.3. The highest BCUT2D eigenvalue weighted by Gasteiger charge is 2.15. The highest BCUT2D eigenvalue weighted by atomic mass is 35.7. The minimum atomic E-state index is -4.94. The van der Waals surface area contributed by atoms with Gasteiger partial charge in [-0.2, -0.15) is 0 Å². The summed E-state index contributed by atoms with van der Waals surface area (Å²) in [5, 5.41) is 5.75. The molecule has 2 rings (SSSR count). The number of rotatable bonds is 2. The van der Waals surface area contributed by atoms with E-state index in [1.54, 1.807) is 4.68 Å². The molecule has 0 aliphatic carbocycles. The molecular formula is C12H12Cl2N2O4S. The summed E-state index contributed by atoms with van der Waals surface area (Å²) < 4.78 is 35.7. The third-order valence-electron chi connectivity index (χ3n) is 2.37. The average molecular weight is 351 g/mol. The molecule has 0 radical (unpaired) electrons. The maximum atomic E-state index is 8.49. The zero-order valence-electron chi connectivity index (χ0n) is 10.9. The lowest BCUT2D eigenvalue weighted by molar-refractivity contribution is -2.00. The maximum absolute atomic E-state index is 8.49. The van der Waals surface area contributed by atoms with Gasteiger partial charge in [0.15, 0.2) is 5.03 Å². The van der Waals surface area contributed by atoms with E-state index in [1.165, 1.54) is 0 Å². The zero-order chi connectivity index (χ0) is 16.0. The van der Waals surface area contributed by atoms with Gasteiger partial charge < -0.3 is 0 Å². The normalized spacial score (nSPS) is 10.8. The Kier molecular flexibility index (Phi) is 6.82. The van der Waals surface area contributed by atoms with Crippen LogP contribution in [0.25, 0.3) is 5.69 Å². The van der Waals surface area contributed by atoms with Gasteiger partial charge in [-0.3, -0.25) is 0 Å². The molecule has 0 saturated heterocycles. The number of halogens is 2. The van der Waals surface area contributed by atoms with Crippen molar-refractivity contribution in [3.05, 3.63) is 47.1 Å². The molecular weight excluding hydrogens is 339 g/mol. The van der Waals surface area contributed by atoms with E-state index < -0.39 is 10.2 Å². The topological polar surface area (TPSA) is 109 Å². The summed E-state index contributed by atoms with van der Waals surface area (Å²) in [6, 6.07) is 9.84. The van der Waals surface area contributed by atoms with Gasteiger partial charge in [0.1, 0.15) is 5.02 Å². The Morgan fingerprint density at radius 2 is 1.71 bits per heavy atom. The smallest absolute Gasteiger partial charge is 0.222 e. The lowest BCUT2D eigenvalue weighted by atomic mass is 10.2. The number of aromatic nitrogens is 2. The average Bonchev–Trinajstić information content (AvgIpc) is 2.37. The quantitative estimate of drug-likeness (QED) is 0.503. The van der Waals surface area contributed by atoms with Crippen molar-refractivity contribution in [3.63, 3.8) is 0 Å². The van der Waals surface area contributed by atoms with Gasteiger partial charge in [0, 0.05) is 22.8 Å². The van der Waals surface area contributed by atoms with E-state index in [4.69, 9.17) is 30.2 Å². The standard InChI is InChI=1S/C12H11ClN2S.ClHO4/c1-2-10-11(13)8-15(14-12(10)16)9-6-4-3-5-7-9;2-1(3,4)5/h3-8H,2H2,1H3;(H,2,3,4,5). The second-order valence-electron chi connectivity index (χ2n) is 3.79. The maximum Gasteiger partial charge on any atom is 0.238 e. The van der Waals surface area contributed by atoms with E-state index in [2.05, 4.69) is 17.7 Å². The molecule has 0 saturated carbocycles. The van der Waals surface area contributed by atoms with Gasteiger partial charge in [-0.15, -0.1) is 22.9 Å². The molecule has 0 amide bonds. The summed E-state index contributed by atoms with van der Waals surface area (Å²) in [6.07, 6.45) is 2.65. The summed E-state index contributed by atoms with van der Waals surface area (Å²) >= 11 is 10.5. The van der Waals surface area contributed by atoms with Crippen LogP contribution in [-0.4, -0.2) is 5.10 Å². The van der Waals surface area contributed by atoms with Crippen LogP contribution in [0.15, 0.2) is 41.6 Å². The molecule has 9 heteroatoms. The number of hydrogen-bond donors (Lipinski definition) is 1. The van der Waals surface area contributed by atoms with E-state index in [9.17, 15) is 0 Å². The second-order valence-corrected chi connectivity index (χ2v) is 5.38. The van der Waals surface area contributed by atoms with E-state index in [0.29, 0.717) is 10.0 Å².